The van der Waals surface area contributed by atoms with E-state index >= 15 is 0 Å². The Balaban J connectivity index is 2.10. The molecular weight excluding hydrogens is 313 g/mol. The monoisotopic (exact) mass is 325 g/mol. The first-order chi connectivity index (χ1) is 9.11. The summed E-state index contributed by atoms with van der Waals surface area (Å²) in [5.74, 6) is -0.0363. The first-order valence-corrected chi connectivity index (χ1v) is 6.45. The van der Waals surface area contributed by atoms with Gasteiger partial charge in [0.15, 0.2) is 11.6 Å². The molecule has 2 N–H and O–H groups in total. The minimum Gasteiger partial charge on any atom is -0.506 e. The third kappa shape index (κ3) is 3.17. The molecule has 19 heavy (non-hydrogen) atoms. The summed E-state index contributed by atoms with van der Waals surface area (Å²) in [5.41, 5.74) is 1.35. The summed E-state index contributed by atoms with van der Waals surface area (Å²) in [6, 6.07) is 10.0. The summed E-state index contributed by atoms with van der Waals surface area (Å²) >= 11 is 3.25. The fraction of sp³-hybridized carbons (Fsp3) is 0.143. The fourth-order valence-electron chi connectivity index (χ4n) is 1.68. The Labute approximate surface area is 119 Å². The van der Waals surface area contributed by atoms with Crippen molar-refractivity contribution in [2.24, 2.45) is 0 Å². The molecule has 0 aliphatic rings. The van der Waals surface area contributed by atoms with Gasteiger partial charge in [-0.25, -0.2) is 4.39 Å². The lowest BCUT2D eigenvalue weighted by Gasteiger charge is -2.10. The van der Waals surface area contributed by atoms with Crippen LogP contribution < -0.4 is 10.1 Å². The zero-order valence-electron chi connectivity index (χ0n) is 10.3. The van der Waals surface area contributed by atoms with Gasteiger partial charge in [-0.05, 0) is 34.1 Å². The van der Waals surface area contributed by atoms with E-state index in [2.05, 4.69) is 21.2 Å². The Morgan fingerprint density at radius 3 is 2.79 bits per heavy atom. The highest BCUT2D eigenvalue weighted by molar-refractivity contribution is 9.10. The first kappa shape index (κ1) is 13.7. The second-order valence-corrected chi connectivity index (χ2v) is 4.80. The standard InChI is InChI=1S/C14H13BrFNO2/c1-19-13-6-5-10(7-12(13)16)17-8-9-3-2-4-11(15)14(9)18/h2-7,17-18H,8H2,1H3. The van der Waals surface area contributed by atoms with Crippen LogP contribution in [-0.2, 0) is 6.54 Å². The number of rotatable bonds is 4. The minimum atomic E-state index is -0.425. The van der Waals surface area contributed by atoms with E-state index in [9.17, 15) is 9.50 Å². The average molecular weight is 326 g/mol. The van der Waals surface area contributed by atoms with E-state index in [-0.39, 0.29) is 11.5 Å². The third-order valence-corrected chi connectivity index (χ3v) is 3.35. The minimum absolute atomic E-state index is 0.184. The van der Waals surface area contributed by atoms with E-state index in [1.54, 1.807) is 24.3 Å². The van der Waals surface area contributed by atoms with Crippen LogP contribution >= 0.6 is 15.9 Å². The number of phenolic OH excluding ortho intramolecular Hbond substituents is 1. The largest absolute Gasteiger partial charge is 0.506 e. The normalized spacial score (nSPS) is 10.3. The Morgan fingerprint density at radius 1 is 1.32 bits per heavy atom. The molecule has 0 amide bonds. The van der Waals surface area contributed by atoms with Crippen molar-refractivity contribution in [1.82, 2.24) is 0 Å². The number of phenols is 1. The van der Waals surface area contributed by atoms with Crippen LogP contribution in [0, 0.1) is 5.82 Å². The molecule has 0 aliphatic heterocycles. The Bertz CT molecular complexity index is 590. The molecule has 0 aromatic heterocycles. The SMILES string of the molecule is COc1ccc(NCc2cccc(Br)c2O)cc1F. The van der Waals surface area contributed by atoms with Crippen LogP contribution in [0.25, 0.3) is 0 Å². The van der Waals surface area contributed by atoms with Gasteiger partial charge in [0.25, 0.3) is 0 Å². The highest BCUT2D eigenvalue weighted by atomic mass is 79.9. The number of anilines is 1. The first-order valence-electron chi connectivity index (χ1n) is 5.65. The molecular formula is C14H13BrFNO2. The van der Waals surface area contributed by atoms with Gasteiger partial charge in [-0.3, -0.25) is 0 Å². The molecule has 2 rings (SSSR count). The maximum atomic E-state index is 13.5. The summed E-state index contributed by atoms with van der Waals surface area (Å²) in [6.45, 7) is 0.400. The number of nitrogens with one attached hydrogen (secondary N) is 1. The highest BCUT2D eigenvalue weighted by Gasteiger charge is 2.06. The lowest BCUT2D eigenvalue weighted by Crippen LogP contribution is -2.00. The van der Waals surface area contributed by atoms with Crippen molar-refractivity contribution >= 4 is 21.6 Å². The van der Waals surface area contributed by atoms with E-state index < -0.39 is 5.82 Å². The van der Waals surface area contributed by atoms with Crippen molar-refractivity contribution in [3.8, 4) is 11.5 Å². The highest BCUT2D eigenvalue weighted by Crippen LogP contribution is 2.28. The second-order valence-electron chi connectivity index (χ2n) is 3.95. The van der Waals surface area contributed by atoms with Crippen LogP contribution in [0.5, 0.6) is 11.5 Å². The maximum absolute atomic E-state index is 13.5. The molecule has 0 bridgehead atoms. The molecule has 2 aromatic rings. The molecule has 5 heteroatoms. The van der Waals surface area contributed by atoms with Crippen molar-refractivity contribution in [1.29, 1.82) is 0 Å². The van der Waals surface area contributed by atoms with Gasteiger partial charge >= 0.3 is 0 Å². The molecule has 0 radical (unpaired) electrons. The second kappa shape index (κ2) is 5.93. The topological polar surface area (TPSA) is 41.5 Å². The molecule has 0 fully saturated rings. The molecule has 0 aliphatic carbocycles. The van der Waals surface area contributed by atoms with Gasteiger partial charge in [-0.15, -0.1) is 0 Å². The van der Waals surface area contributed by atoms with Gasteiger partial charge in [0.2, 0.25) is 0 Å². The van der Waals surface area contributed by atoms with E-state index in [0.717, 1.165) is 5.56 Å². The van der Waals surface area contributed by atoms with E-state index in [0.29, 0.717) is 16.7 Å². The van der Waals surface area contributed by atoms with Crippen LogP contribution in [-0.4, -0.2) is 12.2 Å². The van der Waals surface area contributed by atoms with Gasteiger partial charge in [-0.2, -0.15) is 0 Å². The van der Waals surface area contributed by atoms with Crippen LogP contribution in [0.4, 0.5) is 10.1 Å². The predicted molar refractivity (Wildman–Crippen MR) is 76.1 cm³/mol. The summed E-state index contributed by atoms with van der Waals surface area (Å²) < 4.78 is 19.0. The molecule has 0 spiro atoms. The Morgan fingerprint density at radius 2 is 2.11 bits per heavy atom. The summed E-state index contributed by atoms with van der Waals surface area (Å²) in [7, 11) is 1.42. The smallest absolute Gasteiger partial charge is 0.167 e. The summed E-state index contributed by atoms with van der Waals surface area (Å²) in [4.78, 5) is 0. The predicted octanol–water partition coefficient (Wildman–Crippen LogP) is 3.91. The van der Waals surface area contributed by atoms with Crippen molar-refractivity contribution in [2.75, 3.05) is 12.4 Å². The summed E-state index contributed by atoms with van der Waals surface area (Å²) in [5, 5.41) is 12.9. The quantitative estimate of drug-likeness (QED) is 0.895. The molecule has 100 valence electrons. The average Bonchev–Trinajstić information content (AvgIpc) is 2.40. The van der Waals surface area contributed by atoms with Crippen LogP contribution in [0.3, 0.4) is 0 Å². The van der Waals surface area contributed by atoms with Gasteiger partial charge < -0.3 is 15.2 Å². The van der Waals surface area contributed by atoms with Crippen molar-refractivity contribution < 1.29 is 14.2 Å². The number of para-hydroxylation sites is 1. The number of hydrogen-bond acceptors (Lipinski definition) is 3. The molecule has 0 saturated heterocycles. The molecule has 0 atom stereocenters. The lowest BCUT2D eigenvalue weighted by atomic mass is 10.2. The van der Waals surface area contributed by atoms with Crippen molar-refractivity contribution in [3.05, 3.63) is 52.3 Å². The van der Waals surface area contributed by atoms with E-state index in [4.69, 9.17) is 4.74 Å². The number of methoxy groups -OCH3 is 1. The van der Waals surface area contributed by atoms with Crippen LogP contribution in [0.15, 0.2) is 40.9 Å². The Kier molecular flexibility index (Phi) is 4.27. The Hall–Kier alpha value is -1.75. The van der Waals surface area contributed by atoms with Crippen molar-refractivity contribution in [2.45, 2.75) is 6.54 Å². The third-order valence-electron chi connectivity index (χ3n) is 2.71. The number of halogens is 2. The number of hydrogen-bond donors (Lipinski definition) is 2. The number of ether oxygens (including phenoxy) is 1. The lowest BCUT2D eigenvalue weighted by molar-refractivity contribution is 0.386. The molecule has 0 saturated carbocycles. The molecule has 3 nitrogen and oxygen atoms in total. The van der Waals surface area contributed by atoms with Crippen LogP contribution in [0.1, 0.15) is 5.56 Å². The molecule has 2 aromatic carbocycles. The van der Waals surface area contributed by atoms with Crippen molar-refractivity contribution in [3.63, 3.8) is 0 Å². The van der Waals surface area contributed by atoms with Gasteiger partial charge in [0, 0.05) is 23.9 Å². The molecule has 0 unspecified atom stereocenters. The van der Waals surface area contributed by atoms with Gasteiger partial charge in [0.05, 0.1) is 11.6 Å². The van der Waals surface area contributed by atoms with Gasteiger partial charge in [0.1, 0.15) is 5.75 Å². The fourth-order valence-corrected chi connectivity index (χ4v) is 2.08. The van der Waals surface area contributed by atoms with Crippen LogP contribution in [0.2, 0.25) is 0 Å². The number of aromatic hydroxyl groups is 1. The van der Waals surface area contributed by atoms with E-state index in [1.165, 1.54) is 13.2 Å². The maximum Gasteiger partial charge on any atom is 0.167 e. The zero-order chi connectivity index (χ0) is 13.8. The van der Waals surface area contributed by atoms with E-state index in [1.807, 2.05) is 6.07 Å². The number of benzene rings is 2. The molecule has 0 heterocycles. The zero-order valence-corrected chi connectivity index (χ0v) is 11.9. The summed E-state index contributed by atoms with van der Waals surface area (Å²) in [6.07, 6.45) is 0. The van der Waals surface area contributed by atoms with Gasteiger partial charge in [-0.1, -0.05) is 12.1 Å².